The number of methoxy groups -OCH3 is 2. The van der Waals surface area contributed by atoms with Crippen molar-refractivity contribution in [2.24, 2.45) is 0 Å². The van der Waals surface area contributed by atoms with Gasteiger partial charge in [0.25, 0.3) is 0 Å². The van der Waals surface area contributed by atoms with Crippen molar-refractivity contribution in [1.82, 2.24) is 4.90 Å². The van der Waals surface area contributed by atoms with E-state index in [2.05, 4.69) is 32.6 Å². The van der Waals surface area contributed by atoms with Crippen molar-refractivity contribution in [2.45, 2.75) is 45.8 Å². The zero-order valence-electron chi connectivity index (χ0n) is 14.1. The van der Waals surface area contributed by atoms with Crippen molar-refractivity contribution in [3.8, 4) is 11.5 Å². The van der Waals surface area contributed by atoms with E-state index in [1.54, 1.807) is 14.2 Å². The Hall–Kier alpha value is -1.26. The van der Waals surface area contributed by atoms with E-state index in [1.807, 2.05) is 18.2 Å². The van der Waals surface area contributed by atoms with Gasteiger partial charge in [-0.3, -0.25) is 4.90 Å². The normalized spacial score (nSPS) is 15.6. The number of aliphatic hydroxyl groups is 1. The van der Waals surface area contributed by atoms with E-state index in [0.717, 1.165) is 25.1 Å². The van der Waals surface area contributed by atoms with Crippen LogP contribution in [0.4, 0.5) is 0 Å². The average Bonchev–Trinajstić information content (AvgIpc) is 2.54. The first-order valence-corrected chi connectivity index (χ1v) is 7.63. The Labute approximate surface area is 128 Å². The fourth-order valence-electron chi connectivity index (χ4n) is 2.92. The Morgan fingerprint density at radius 3 is 2.10 bits per heavy atom. The molecule has 2 atom stereocenters. The van der Waals surface area contributed by atoms with Gasteiger partial charge >= 0.3 is 0 Å². The van der Waals surface area contributed by atoms with Gasteiger partial charge in [0.1, 0.15) is 0 Å². The summed E-state index contributed by atoms with van der Waals surface area (Å²) in [5.74, 6) is 1.32. The first-order chi connectivity index (χ1) is 9.98. The molecule has 0 fully saturated rings. The predicted molar refractivity (Wildman–Crippen MR) is 86.1 cm³/mol. The molecule has 120 valence electrons. The summed E-state index contributed by atoms with van der Waals surface area (Å²) >= 11 is 0. The second kappa shape index (κ2) is 7.66. The molecule has 1 rings (SSSR count). The number of nitrogens with zero attached hydrogens (tertiary/aromatic N) is 1. The third-order valence-corrected chi connectivity index (χ3v) is 4.51. The van der Waals surface area contributed by atoms with E-state index in [4.69, 9.17) is 9.47 Å². The van der Waals surface area contributed by atoms with E-state index in [9.17, 15) is 5.11 Å². The molecular formula is C17H29NO3. The molecule has 0 radical (unpaired) electrons. The summed E-state index contributed by atoms with van der Waals surface area (Å²) in [5.41, 5.74) is 0.548. The third kappa shape index (κ3) is 3.50. The molecule has 0 heterocycles. The van der Waals surface area contributed by atoms with Crippen LogP contribution in [0.2, 0.25) is 0 Å². The van der Waals surface area contributed by atoms with E-state index in [-0.39, 0.29) is 5.54 Å². The summed E-state index contributed by atoms with van der Waals surface area (Å²) in [7, 11) is 3.22. The van der Waals surface area contributed by atoms with Crippen LogP contribution in [0, 0.1) is 0 Å². The van der Waals surface area contributed by atoms with Gasteiger partial charge in [-0.05, 0) is 44.1 Å². The second-order valence-corrected chi connectivity index (χ2v) is 5.40. The van der Waals surface area contributed by atoms with Crippen molar-refractivity contribution in [3.05, 3.63) is 23.8 Å². The smallest absolute Gasteiger partial charge is 0.161 e. The summed E-state index contributed by atoms with van der Waals surface area (Å²) in [5, 5.41) is 10.9. The maximum Gasteiger partial charge on any atom is 0.161 e. The quantitative estimate of drug-likeness (QED) is 0.799. The summed E-state index contributed by atoms with van der Waals surface area (Å²) in [6.45, 7) is 10.3. The number of ether oxygens (including phenoxy) is 2. The molecule has 0 aliphatic carbocycles. The summed E-state index contributed by atoms with van der Waals surface area (Å²) in [6, 6.07) is 5.61. The fraction of sp³-hybridized carbons (Fsp3) is 0.647. The van der Waals surface area contributed by atoms with Gasteiger partial charge in [-0.25, -0.2) is 0 Å². The molecule has 0 bridgehead atoms. The minimum absolute atomic E-state index is 0.302. The SMILES string of the molecule is CCN(CC)C(C)(CC)C(O)c1ccc(OC)c(OC)c1. The number of hydrogen-bond donors (Lipinski definition) is 1. The van der Waals surface area contributed by atoms with Crippen molar-refractivity contribution in [3.63, 3.8) is 0 Å². The Kier molecular flexibility index (Phi) is 6.49. The highest BCUT2D eigenvalue weighted by Gasteiger charge is 2.37. The molecule has 1 N–H and O–H groups in total. The van der Waals surface area contributed by atoms with Crippen molar-refractivity contribution in [2.75, 3.05) is 27.3 Å². The largest absolute Gasteiger partial charge is 0.493 e. The summed E-state index contributed by atoms with van der Waals surface area (Å²) in [6.07, 6.45) is 0.284. The molecule has 1 aromatic rings. The average molecular weight is 295 g/mol. The highest BCUT2D eigenvalue weighted by Crippen LogP contribution is 2.37. The minimum atomic E-state index is -0.581. The molecule has 0 aliphatic heterocycles. The number of likely N-dealkylation sites (N-methyl/N-ethyl adjacent to an activating group) is 1. The maximum absolute atomic E-state index is 10.9. The molecule has 0 spiro atoms. The number of aliphatic hydroxyl groups excluding tert-OH is 1. The van der Waals surface area contributed by atoms with Crippen LogP contribution in [0.15, 0.2) is 18.2 Å². The van der Waals surface area contributed by atoms with Crippen LogP contribution >= 0.6 is 0 Å². The maximum atomic E-state index is 10.9. The van der Waals surface area contributed by atoms with Crippen molar-refractivity contribution in [1.29, 1.82) is 0 Å². The summed E-state index contributed by atoms with van der Waals surface area (Å²) < 4.78 is 10.6. The third-order valence-electron chi connectivity index (χ3n) is 4.51. The molecule has 4 heteroatoms. The lowest BCUT2D eigenvalue weighted by molar-refractivity contribution is -0.0214. The van der Waals surface area contributed by atoms with E-state index in [0.29, 0.717) is 11.5 Å². The molecule has 0 aromatic heterocycles. The number of rotatable bonds is 8. The molecule has 0 saturated heterocycles. The Morgan fingerprint density at radius 1 is 1.10 bits per heavy atom. The number of benzene rings is 1. The Bertz CT molecular complexity index is 446. The lowest BCUT2D eigenvalue weighted by atomic mass is 9.85. The molecule has 4 nitrogen and oxygen atoms in total. The van der Waals surface area contributed by atoms with Crippen LogP contribution < -0.4 is 9.47 Å². The molecule has 0 aliphatic rings. The first-order valence-electron chi connectivity index (χ1n) is 7.63. The monoisotopic (exact) mass is 295 g/mol. The lowest BCUT2D eigenvalue weighted by Crippen LogP contribution is -2.50. The minimum Gasteiger partial charge on any atom is -0.493 e. The standard InChI is InChI=1S/C17H29NO3/c1-7-17(4,18(8-2)9-3)16(19)13-10-11-14(20-5)15(12-13)21-6/h10-12,16,19H,7-9H2,1-6H3. The predicted octanol–water partition coefficient (Wildman–Crippen LogP) is 3.25. The van der Waals surface area contributed by atoms with E-state index < -0.39 is 6.10 Å². The fourth-order valence-corrected chi connectivity index (χ4v) is 2.92. The molecule has 0 amide bonds. The van der Waals surface area contributed by atoms with Crippen LogP contribution in [0.1, 0.15) is 45.8 Å². The molecular weight excluding hydrogens is 266 g/mol. The molecule has 0 saturated carbocycles. The first kappa shape index (κ1) is 17.8. The van der Waals surface area contributed by atoms with Gasteiger partial charge in [0.05, 0.1) is 20.3 Å². The van der Waals surface area contributed by atoms with E-state index >= 15 is 0 Å². The van der Waals surface area contributed by atoms with Gasteiger partial charge in [0, 0.05) is 5.54 Å². The van der Waals surface area contributed by atoms with Gasteiger partial charge in [-0.2, -0.15) is 0 Å². The number of hydrogen-bond acceptors (Lipinski definition) is 4. The van der Waals surface area contributed by atoms with Crippen molar-refractivity contribution < 1.29 is 14.6 Å². The van der Waals surface area contributed by atoms with Crippen molar-refractivity contribution >= 4 is 0 Å². The van der Waals surface area contributed by atoms with Gasteiger partial charge < -0.3 is 14.6 Å². The van der Waals surface area contributed by atoms with Crippen LogP contribution in [0.5, 0.6) is 11.5 Å². The molecule has 2 unspecified atom stereocenters. The van der Waals surface area contributed by atoms with E-state index in [1.165, 1.54) is 0 Å². The summed E-state index contributed by atoms with van der Waals surface area (Å²) in [4.78, 5) is 2.30. The molecule has 1 aromatic carbocycles. The van der Waals surface area contributed by atoms with Crippen LogP contribution in [-0.4, -0.2) is 42.9 Å². The topological polar surface area (TPSA) is 41.9 Å². The zero-order valence-corrected chi connectivity index (χ0v) is 14.1. The second-order valence-electron chi connectivity index (χ2n) is 5.40. The molecule has 21 heavy (non-hydrogen) atoms. The van der Waals surface area contributed by atoms with Gasteiger partial charge in [-0.15, -0.1) is 0 Å². The lowest BCUT2D eigenvalue weighted by Gasteiger charge is -2.43. The van der Waals surface area contributed by atoms with Crippen LogP contribution in [-0.2, 0) is 0 Å². The van der Waals surface area contributed by atoms with Gasteiger partial charge in [0.2, 0.25) is 0 Å². The van der Waals surface area contributed by atoms with Crippen LogP contribution in [0.3, 0.4) is 0 Å². The Balaban J connectivity index is 3.18. The Morgan fingerprint density at radius 2 is 1.67 bits per heavy atom. The zero-order chi connectivity index (χ0) is 16.0. The highest BCUT2D eigenvalue weighted by atomic mass is 16.5. The van der Waals surface area contributed by atoms with Gasteiger partial charge in [0.15, 0.2) is 11.5 Å². The van der Waals surface area contributed by atoms with Crippen LogP contribution in [0.25, 0.3) is 0 Å². The highest BCUT2D eigenvalue weighted by molar-refractivity contribution is 5.44. The van der Waals surface area contributed by atoms with Gasteiger partial charge in [-0.1, -0.05) is 26.8 Å².